The molecule has 1 atom stereocenters. The van der Waals surface area contributed by atoms with Crippen molar-refractivity contribution in [3.8, 4) is 0 Å². The van der Waals surface area contributed by atoms with Crippen LogP contribution in [0, 0.1) is 5.92 Å². The number of nitrogens with zero attached hydrogens (tertiary/aromatic N) is 2. The van der Waals surface area contributed by atoms with Crippen LogP contribution in [0.3, 0.4) is 0 Å². The van der Waals surface area contributed by atoms with Gasteiger partial charge in [-0.2, -0.15) is 0 Å². The van der Waals surface area contributed by atoms with Crippen molar-refractivity contribution >= 4 is 5.78 Å². The van der Waals surface area contributed by atoms with Gasteiger partial charge < -0.3 is 0 Å². The van der Waals surface area contributed by atoms with Crippen molar-refractivity contribution in [1.29, 1.82) is 0 Å². The van der Waals surface area contributed by atoms with Crippen molar-refractivity contribution in [2.75, 3.05) is 0 Å². The first kappa shape index (κ1) is 13.8. The van der Waals surface area contributed by atoms with E-state index in [4.69, 9.17) is 0 Å². The minimum absolute atomic E-state index is 0.210. The number of ketones is 1. The summed E-state index contributed by atoms with van der Waals surface area (Å²) in [6.07, 6.45) is 10.8. The Kier molecular flexibility index (Phi) is 6.45. The third-order valence-electron chi connectivity index (χ3n) is 2.97. The lowest BCUT2D eigenvalue weighted by molar-refractivity contribution is -0.122. The second-order valence-electron chi connectivity index (χ2n) is 4.47. The number of aromatic nitrogens is 2. The van der Waals surface area contributed by atoms with Crippen molar-refractivity contribution in [2.45, 2.75) is 52.4 Å². The van der Waals surface area contributed by atoms with Crippen LogP contribution in [-0.4, -0.2) is 15.8 Å². The highest BCUT2D eigenvalue weighted by Crippen LogP contribution is 2.17. The molecule has 1 rings (SSSR count). The van der Waals surface area contributed by atoms with Crippen LogP contribution in [0.5, 0.6) is 0 Å². The predicted octanol–water partition coefficient (Wildman–Crippen LogP) is 3.19. The summed E-state index contributed by atoms with van der Waals surface area (Å²) < 4.78 is 0. The molecule has 3 nitrogen and oxygen atoms in total. The summed E-state index contributed by atoms with van der Waals surface area (Å²) >= 11 is 0. The number of unbranched alkanes of at least 4 members (excludes halogenated alkanes) is 1. The molecule has 3 heteroatoms. The average Bonchev–Trinajstić information content (AvgIpc) is 2.35. The molecule has 17 heavy (non-hydrogen) atoms. The summed E-state index contributed by atoms with van der Waals surface area (Å²) in [7, 11) is 0. The molecule has 0 amide bonds. The van der Waals surface area contributed by atoms with Gasteiger partial charge in [0.05, 0.1) is 12.1 Å². The molecule has 0 aliphatic carbocycles. The molecular weight excluding hydrogens is 212 g/mol. The summed E-state index contributed by atoms with van der Waals surface area (Å²) in [5.41, 5.74) is 0.787. The average molecular weight is 234 g/mol. The molecular formula is C14H22N2O. The molecule has 0 aliphatic heterocycles. The van der Waals surface area contributed by atoms with Crippen LogP contribution >= 0.6 is 0 Å². The summed E-state index contributed by atoms with van der Waals surface area (Å²) in [6.45, 7) is 4.30. The fourth-order valence-corrected chi connectivity index (χ4v) is 2.01. The zero-order chi connectivity index (χ0) is 12.5. The smallest absolute Gasteiger partial charge is 0.141 e. The Balaban J connectivity index is 2.52. The van der Waals surface area contributed by atoms with Crippen LogP contribution in [0.15, 0.2) is 18.6 Å². The lowest BCUT2D eigenvalue weighted by atomic mass is 9.90. The van der Waals surface area contributed by atoms with E-state index in [0.29, 0.717) is 12.2 Å². The summed E-state index contributed by atoms with van der Waals surface area (Å²) in [5.74, 6) is 0.530. The number of hydrogen-bond acceptors (Lipinski definition) is 3. The molecule has 1 aromatic heterocycles. The molecule has 0 fully saturated rings. The van der Waals surface area contributed by atoms with Gasteiger partial charge in [0, 0.05) is 24.5 Å². The lowest BCUT2D eigenvalue weighted by Crippen LogP contribution is -2.17. The van der Waals surface area contributed by atoms with Crippen LogP contribution < -0.4 is 0 Å². The molecule has 1 aromatic rings. The zero-order valence-corrected chi connectivity index (χ0v) is 10.9. The molecule has 1 unspecified atom stereocenters. The highest BCUT2D eigenvalue weighted by Gasteiger charge is 2.17. The number of carbonyl (C=O) groups excluding carboxylic acids is 1. The molecule has 0 saturated carbocycles. The van der Waals surface area contributed by atoms with Crippen molar-refractivity contribution in [2.24, 2.45) is 5.92 Å². The van der Waals surface area contributed by atoms with Crippen LogP contribution in [-0.2, 0) is 11.2 Å². The minimum Gasteiger partial charge on any atom is -0.299 e. The first-order chi connectivity index (χ1) is 8.27. The van der Waals surface area contributed by atoms with Gasteiger partial charge in [0.1, 0.15) is 5.78 Å². The Morgan fingerprint density at radius 3 is 2.65 bits per heavy atom. The topological polar surface area (TPSA) is 42.9 Å². The monoisotopic (exact) mass is 234 g/mol. The number of hydrogen-bond donors (Lipinski definition) is 0. The number of Topliss-reactive ketones (excluding diaryl/α,β-unsaturated/α-hetero) is 1. The van der Waals surface area contributed by atoms with Crippen LogP contribution in [0.2, 0.25) is 0 Å². The van der Waals surface area contributed by atoms with E-state index >= 15 is 0 Å². The van der Waals surface area contributed by atoms with E-state index in [1.165, 1.54) is 0 Å². The Labute approximate surface area is 104 Å². The third kappa shape index (κ3) is 5.07. The molecule has 0 radical (unpaired) electrons. The second-order valence-corrected chi connectivity index (χ2v) is 4.47. The molecule has 0 saturated heterocycles. The van der Waals surface area contributed by atoms with Crippen molar-refractivity contribution in [3.63, 3.8) is 0 Å². The van der Waals surface area contributed by atoms with Crippen molar-refractivity contribution in [3.05, 3.63) is 24.3 Å². The molecule has 1 heterocycles. The van der Waals surface area contributed by atoms with Gasteiger partial charge in [-0.15, -0.1) is 0 Å². The first-order valence-corrected chi connectivity index (χ1v) is 6.55. The Bertz CT molecular complexity index is 324. The first-order valence-electron chi connectivity index (χ1n) is 6.55. The fourth-order valence-electron chi connectivity index (χ4n) is 2.01. The van der Waals surface area contributed by atoms with E-state index in [1.54, 1.807) is 18.6 Å². The Morgan fingerprint density at radius 2 is 2.06 bits per heavy atom. The van der Waals surface area contributed by atoms with E-state index < -0.39 is 0 Å². The third-order valence-corrected chi connectivity index (χ3v) is 2.97. The van der Waals surface area contributed by atoms with E-state index in [2.05, 4.69) is 23.8 Å². The molecule has 94 valence electrons. The van der Waals surface area contributed by atoms with Gasteiger partial charge in [-0.25, -0.2) is 0 Å². The molecule has 0 spiro atoms. The van der Waals surface area contributed by atoms with E-state index in [1.807, 2.05) is 0 Å². The van der Waals surface area contributed by atoms with E-state index in [-0.39, 0.29) is 5.92 Å². The normalized spacial score (nSPS) is 12.4. The standard InChI is InChI=1S/C14H22N2O/c1-3-5-7-12(6-4-2)14(17)10-13-11-15-8-9-16-13/h8-9,11-12H,3-7,10H2,1-2H3. The van der Waals surface area contributed by atoms with Gasteiger partial charge in [0.25, 0.3) is 0 Å². The van der Waals surface area contributed by atoms with E-state index in [9.17, 15) is 4.79 Å². The predicted molar refractivity (Wildman–Crippen MR) is 68.7 cm³/mol. The molecule has 0 aromatic carbocycles. The lowest BCUT2D eigenvalue weighted by Gasteiger charge is -2.14. The van der Waals surface area contributed by atoms with E-state index in [0.717, 1.165) is 37.8 Å². The Morgan fingerprint density at radius 1 is 1.24 bits per heavy atom. The van der Waals surface area contributed by atoms with Gasteiger partial charge in [0.15, 0.2) is 0 Å². The summed E-state index contributed by atoms with van der Waals surface area (Å²) in [5, 5.41) is 0. The van der Waals surface area contributed by atoms with Crippen molar-refractivity contribution < 1.29 is 4.79 Å². The van der Waals surface area contributed by atoms with Gasteiger partial charge >= 0.3 is 0 Å². The number of carbonyl (C=O) groups is 1. The van der Waals surface area contributed by atoms with Crippen LogP contribution in [0.25, 0.3) is 0 Å². The molecule has 0 aliphatic rings. The maximum atomic E-state index is 12.1. The largest absolute Gasteiger partial charge is 0.299 e. The minimum atomic E-state index is 0.210. The number of rotatable bonds is 8. The highest BCUT2D eigenvalue weighted by atomic mass is 16.1. The van der Waals surface area contributed by atoms with Crippen LogP contribution in [0.4, 0.5) is 0 Å². The Hall–Kier alpha value is -1.25. The maximum absolute atomic E-state index is 12.1. The van der Waals surface area contributed by atoms with Gasteiger partial charge in [0.2, 0.25) is 0 Å². The quantitative estimate of drug-likeness (QED) is 0.693. The highest BCUT2D eigenvalue weighted by molar-refractivity contribution is 5.82. The second kappa shape index (κ2) is 7.93. The molecule has 0 N–H and O–H groups in total. The van der Waals surface area contributed by atoms with Crippen LogP contribution in [0.1, 0.15) is 51.6 Å². The van der Waals surface area contributed by atoms with Gasteiger partial charge in [-0.05, 0) is 12.8 Å². The molecule has 0 bridgehead atoms. The summed E-state index contributed by atoms with van der Waals surface area (Å²) in [6, 6.07) is 0. The van der Waals surface area contributed by atoms with Gasteiger partial charge in [-0.3, -0.25) is 14.8 Å². The van der Waals surface area contributed by atoms with Crippen molar-refractivity contribution in [1.82, 2.24) is 9.97 Å². The SMILES string of the molecule is CCCCC(CCC)C(=O)Cc1cnccn1. The maximum Gasteiger partial charge on any atom is 0.141 e. The summed E-state index contributed by atoms with van der Waals surface area (Å²) in [4.78, 5) is 20.3. The zero-order valence-electron chi connectivity index (χ0n) is 10.9. The van der Waals surface area contributed by atoms with Gasteiger partial charge in [-0.1, -0.05) is 33.1 Å². The fraction of sp³-hybridized carbons (Fsp3) is 0.643.